The Kier molecular flexibility index (Phi) is 6.70. The van der Waals surface area contributed by atoms with Crippen LogP contribution in [0.4, 0.5) is 5.69 Å². The van der Waals surface area contributed by atoms with Crippen LogP contribution < -0.4 is 16.2 Å². The molecule has 7 heteroatoms. The van der Waals surface area contributed by atoms with E-state index in [2.05, 4.69) is 37.3 Å². The number of ether oxygens (including phenoxy) is 1. The average Bonchev–Trinajstić information content (AvgIpc) is 3.34. The lowest BCUT2D eigenvalue weighted by atomic mass is 9.82. The van der Waals surface area contributed by atoms with Crippen LogP contribution in [-0.2, 0) is 0 Å². The molecule has 36 heavy (non-hydrogen) atoms. The van der Waals surface area contributed by atoms with Gasteiger partial charge in [0, 0.05) is 39.5 Å². The summed E-state index contributed by atoms with van der Waals surface area (Å²) < 4.78 is 7.65. The fraction of sp³-hybridized carbons (Fsp3) is 0.172. The van der Waals surface area contributed by atoms with E-state index in [9.17, 15) is 5.26 Å². The number of fused-ring (bicyclic) bond motifs is 1. The molecule has 1 unspecified atom stereocenters. The Morgan fingerprint density at radius 2 is 1.81 bits per heavy atom. The van der Waals surface area contributed by atoms with E-state index in [4.69, 9.17) is 21.3 Å². The van der Waals surface area contributed by atoms with Gasteiger partial charge in [-0.1, -0.05) is 49.7 Å². The third kappa shape index (κ3) is 4.56. The Morgan fingerprint density at radius 3 is 2.53 bits per heavy atom. The highest BCUT2D eigenvalue weighted by Crippen LogP contribution is 2.45. The molecule has 1 atom stereocenters. The zero-order chi connectivity index (χ0) is 25.1. The van der Waals surface area contributed by atoms with Crippen molar-refractivity contribution in [3.05, 3.63) is 102 Å². The summed E-state index contributed by atoms with van der Waals surface area (Å²) in [5.74, 6) is 1.30. The van der Waals surface area contributed by atoms with Gasteiger partial charge in [-0.3, -0.25) is 0 Å². The van der Waals surface area contributed by atoms with Gasteiger partial charge in [0.2, 0.25) is 5.88 Å². The maximum absolute atomic E-state index is 10.1. The molecule has 0 amide bonds. The zero-order valence-electron chi connectivity index (χ0n) is 20.0. The molecule has 4 aromatic rings. The lowest BCUT2D eigenvalue weighted by Crippen LogP contribution is -2.21. The van der Waals surface area contributed by atoms with Crippen molar-refractivity contribution >= 4 is 17.4 Å². The number of rotatable bonds is 7. The second-order valence-corrected chi connectivity index (χ2v) is 9.83. The number of anilines is 1. The normalized spacial score (nSPS) is 14.7. The van der Waals surface area contributed by atoms with Crippen LogP contribution in [0.5, 0.6) is 5.75 Å². The summed E-state index contributed by atoms with van der Waals surface area (Å²) in [5, 5.41) is 15.1. The molecule has 0 saturated carbocycles. The van der Waals surface area contributed by atoms with Crippen LogP contribution in [0.1, 0.15) is 36.8 Å². The molecule has 1 aliphatic rings. The van der Waals surface area contributed by atoms with Crippen molar-refractivity contribution in [2.45, 2.75) is 30.6 Å². The van der Waals surface area contributed by atoms with Gasteiger partial charge in [0.25, 0.3) is 0 Å². The van der Waals surface area contributed by atoms with Crippen molar-refractivity contribution in [3.63, 3.8) is 0 Å². The standard InChI is InChI=1S/C29H27N5OS/c1-2-3-15-36-22-12-9-19(10-13-22)28-25(18-34(33-28)21-7-5-4-6-8-21)27-23-14-11-20(31)16-26(23)35-29(32)24(27)17-30/h4-14,16,18,27H,2-3,15,31-32H2,1H3. The fourth-order valence-electron chi connectivity index (χ4n) is 4.37. The average molecular weight is 494 g/mol. The molecule has 1 aliphatic heterocycles. The highest BCUT2D eigenvalue weighted by atomic mass is 32.2. The number of allylic oxidation sites excluding steroid dienone is 1. The molecule has 3 aromatic carbocycles. The first-order valence-electron chi connectivity index (χ1n) is 11.9. The molecular formula is C29H27N5OS. The van der Waals surface area contributed by atoms with Crippen LogP contribution in [0.2, 0.25) is 0 Å². The number of unbranched alkanes of at least 4 members (excludes halogenated alkanes) is 1. The summed E-state index contributed by atoms with van der Waals surface area (Å²) in [6.45, 7) is 2.20. The van der Waals surface area contributed by atoms with Crippen LogP contribution in [0.25, 0.3) is 16.9 Å². The number of aromatic nitrogens is 2. The molecular weight excluding hydrogens is 466 g/mol. The third-order valence-electron chi connectivity index (χ3n) is 6.21. The smallest absolute Gasteiger partial charge is 0.205 e. The monoisotopic (exact) mass is 493 g/mol. The molecule has 6 nitrogen and oxygen atoms in total. The summed E-state index contributed by atoms with van der Waals surface area (Å²) >= 11 is 1.86. The van der Waals surface area contributed by atoms with Gasteiger partial charge in [0.1, 0.15) is 17.4 Å². The molecule has 2 heterocycles. The minimum absolute atomic E-state index is 0.0849. The van der Waals surface area contributed by atoms with Gasteiger partial charge < -0.3 is 16.2 Å². The van der Waals surface area contributed by atoms with Gasteiger partial charge in [-0.2, -0.15) is 10.4 Å². The van der Waals surface area contributed by atoms with E-state index in [0.29, 0.717) is 17.0 Å². The molecule has 0 bridgehead atoms. The van der Waals surface area contributed by atoms with Crippen LogP contribution in [0.3, 0.4) is 0 Å². The molecule has 5 rings (SSSR count). The number of thioether (sulfide) groups is 1. The molecule has 0 aliphatic carbocycles. The van der Waals surface area contributed by atoms with Crippen LogP contribution in [0, 0.1) is 11.3 Å². The number of hydrogen-bond acceptors (Lipinski definition) is 6. The summed E-state index contributed by atoms with van der Waals surface area (Å²) in [7, 11) is 0. The molecule has 0 radical (unpaired) electrons. The van der Waals surface area contributed by atoms with Crippen molar-refractivity contribution in [3.8, 4) is 28.8 Å². The topological polar surface area (TPSA) is 103 Å². The molecule has 180 valence electrons. The minimum Gasteiger partial charge on any atom is -0.440 e. The highest BCUT2D eigenvalue weighted by Gasteiger charge is 2.34. The van der Waals surface area contributed by atoms with E-state index in [1.807, 2.05) is 65.1 Å². The Morgan fingerprint density at radius 1 is 1.03 bits per heavy atom. The number of para-hydroxylation sites is 1. The number of nitrogens with two attached hydrogens (primary N) is 2. The van der Waals surface area contributed by atoms with Crippen molar-refractivity contribution < 1.29 is 4.74 Å². The van der Waals surface area contributed by atoms with Gasteiger partial charge >= 0.3 is 0 Å². The Labute approximate surface area is 215 Å². The van der Waals surface area contributed by atoms with E-state index in [-0.39, 0.29) is 5.88 Å². The van der Waals surface area contributed by atoms with Gasteiger partial charge in [0.05, 0.1) is 17.3 Å². The third-order valence-corrected chi connectivity index (χ3v) is 7.31. The fourth-order valence-corrected chi connectivity index (χ4v) is 5.37. The lowest BCUT2D eigenvalue weighted by Gasteiger charge is -2.26. The number of nitrogens with zero attached hydrogens (tertiary/aromatic N) is 3. The van der Waals surface area contributed by atoms with E-state index in [1.54, 1.807) is 6.07 Å². The zero-order valence-corrected chi connectivity index (χ0v) is 20.8. The summed E-state index contributed by atoms with van der Waals surface area (Å²) in [4.78, 5) is 1.23. The summed E-state index contributed by atoms with van der Waals surface area (Å²) in [6.07, 6.45) is 4.35. The van der Waals surface area contributed by atoms with Crippen molar-refractivity contribution in [1.29, 1.82) is 5.26 Å². The van der Waals surface area contributed by atoms with Crippen molar-refractivity contribution in [2.24, 2.45) is 5.73 Å². The van der Waals surface area contributed by atoms with Crippen molar-refractivity contribution in [1.82, 2.24) is 9.78 Å². The minimum atomic E-state index is -0.439. The first-order valence-corrected chi connectivity index (χ1v) is 12.9. The van der Waals surface area contributed by atoms with Gasteiger partial charge in [0.15, 0.2) is 0 Å². The van der Waals surface area contributed by atoms with Crippen LogP contribution in [-0.4, -0.2) is 15.5 Å². The lowest BCUT2D eigenvalue weighted by molar-refractivity contribution is 0.394. The predicted octanol–water partition coefficient (Wildman–Crippen LogP) is 6.23. The summed E-state index contributed by atoms with van der Waals surface area (Å²) in [5.41, 5.74) is 17.6. The quantitative estimate of drug-likeness (QED) is 0.180. The molecule has 1 aromatic heterocycles. The second kappa shape index (κ2) is 10.2. The van der Waals surface area contributed by atoms with Gasteiger partial charge in [-0.05, 0) is 42.5 Å². The number of hydrogen-bond donors (Lipinski definition) is 2. The van der Waals surface area contributed by atoms with Crippen molar-refractivity contribution in [2.75, 3.05) is 11.5 Å². The van der Waals surface area contributed by atoms with E-state index in [0.717, 1.165) is 33.8 Å². The predicted molar refractivity (Wildman–Crippen MR) is 145 cm³/mol. The highest BCUT2D eigenvalue weighted by molar-refractivity contribution is 7.99. The Balaban J connectivity index is 1.66. The first kappa shape index (κ1) is 23.6. The largest absolute Gasteiger partial charge is 0.440 e. The first-order chi connectivity index (χ1) is 17.6. The number of nitrogen functional groups attached to an aromatic ring is 1. The van der Waals surface area contributed by atoms with E-state index >= 15 is 0 Å². The maximum atomic E-state index is 10.1. The molecule has 4 N–H and O–H groups in total. The summed E-state index contributed by atoms with van der Waals surface area (Å²) in [6, 6.07) is 26.1. The molecule has 0 spiro atoms. The van der Waals surface area contributed by atoms with Gasteiger partial charge in [-0.15, -0.1) is 11.8 Å². The van der Waals surface area contributed by atoms with E-state index in [1.165, 1.54) is 17.7 Å². The van der Waals surface area contributed by atoms with Crippen LogP contribution >= 0.6 is 11.8 Å². The SMILES string of the molecule is CCCCSc1ccc(-c2nn(-c3ccccc3)cc2C2C(C#N)=C(N)Oc3cc(N)ccc32)cc1. The Hall–Kier alpha value is -4.15. The van der Waals surface area contributed by atoms with Crippen LogP contribution in [0.15, 0.2) is 95.3 Å². The molecule has 0 saturated heterocycles. The van der Waals surface area contributed by atoms with Gasteiger partial charge in [-0.25, -0.2) is 4.68 Å². The number of nitriles is 1. The Bertz CT molecular complexity index is 1450. The van der Waals surface area contributed by atoms with E-state index < -0.39 is 5.92 Å². The maximum Gasteiger partial charge on any atom is 0.205 e. The number of benzene rings is 3. The second-order valence-electron chi connectivity index (χ2n) is 8.66. The molecule has 0 fully saturated rings.